The molecule has 1 aromatic rings. The number of anilines is 1. The van der Waals surface area contributed by atoms with Gasteiger partial charge in [0, 0.05) is 18.7 Å². The highest BCUT2D eigenvalue weighted by Gasteiger charge is 2.18. The summed E-state index contributed by atoms with van der Waals surface area (Å²) in [4.78, 5) is 34.2. The van der Waals surface area contributed by atoms with E-state index < -0.39 is 5.97 Å². The minimum absolute atomic E-state index is 0.0314. The number of benzene rings is 1. The molecule has 1 aromatic carbocycles. The van der Waals surface area contributed by atoms with Gasteiger partial charge in [-0.15, -0.1) is 11.8 Å². The standard InChI is InChI=1S/C16H22N2O4S/c1-2-13(16(22)17-10-6-9-15(20)21)23-11-14(19)18-12-7-4-3-5-8-12/h3-5,7-8,13H,2,6,9-11H2,1H3,(H,17,22)(H,18,19)(H,20,21). The largest absolute Gasteiger partial charge is 0.481 e. The summed E-state index contributed by atoms with van der Waals surface area (Å²) in [6.45, 7) is 2.21. The van der Waals surface area contributed by atoms with Gasteiger partial charge >= 0.3 is 5.97 Å². The van der Waals surface area contributed by atoms with Gasteiger partial charge in [0.25, 0.3) is 0 Å². The fraction of sp³-hybridized carbons (Fsp3) is 0.438. The van der Waals surface area contributed by atoms with Gasteiger partial charge in [-0.2, -0.15) is 0 Å². The maximum Gasteiger partial charge on any atom is 0.303 e. The van der Waals surface area contributed by atoms with E-state index in [4.69, 9.17) is 5.11 Å². The summed E-state index contributed by atoms with van der Waals surface area (Å²) in [6, 6.07) is 9.14. The molecule has 0 radical (unpaired) electrons. The third-order valence-corrected chi connectivity index (χ3v) is 4.38. The fourth-order valence-corrected chi connectivity index (χ4v) is 2.73. The van der Waals surface area contributed by atoms with Crippen molar-refractivity contribution in [3.05, 3.63) is 30.3 Å². The van der Waals surface area contributed by atoms with E-state index in [-0.39, 0.29) is 29.2 Å². The monoisotopic (exact) mass is 338 g/mol. The Morgan fingerprint density at radius 2 is 1.91 bits per heavy atom. The van der Waals surface area contributed by atoms with Crippen LogP contribution >= 0.6 is 11.8 Å². The van der Waals surface area contributed by atoms with Crippen molar-refractivity contribution in [1.29, 1.82) is 0 Å². The summed E-state index contributed by atoms with van der Waals surface area (Å²) in [6.07, 6.45) is 1.04. The first-order valence-corrected chi connectivity index (χ1v) is 8.53. The molecule has 0 aliphatic carbocycles. The molecular weight excluding hydrogens is 316 g/mol. The number of hydrogen-bond acceptors (Lipinski definition) is 4. The number of rotatable bonds is 10. The molecule has 1 unspecified atom stereocenters. The second-order valence-electron chi connectivity index (χ2n) is 4.91. The molecule has 0 aliphatic rings. The summed E-state index contributed by atoms with van der Waals surface area (Å²) in [5, 5.41) is 13.7. The topological polar surface area (TPSA) is 95.5 Å². The molecule has 0 bridgehead atoms. The smallest absolute Gasteiger partial charge is 0.303 e. The average Bonchev–Trinajstić information content (AvgIpc) is 2.53. The number of carbonyl (C=O) groups is 3. The van der Waals surface area contributed by atoms with Gasteiger partial charge < -0.3 is 15.7 Å². The number of nitrogens with one attached hydrogen (secondary N) is 2. The van der Waals surface area contributed by atoms with Crippen molar-refractivity contribution in [2.24, 2.45) is 0 Å². The van der Waals surface area contributed by atoms with Crippen molar-refractivity contribution in [2.45, 2.75) is 31.4 Å². The zero-order valence-electron chi connectivity index (χ0n) is 13.1. The molecule has 1 rings (SSSR count). The molecule has 0 saturated carbocycles. The molecule has 0 fully saturated rings. The number of carbonyl (C=O) groups excluding carboxylic acids is 2. The highest BCUT2D eigenvalue weighted by atomic mass is 32.2. The van der Waals surface area contributed by atoms with Crippen LogP contribution in [0, 0.1) is 0 Å². The molecular formula is C16H22N2O4S. The average molecular weight is 338 g/mol. The van der Waals surface area contributed by atoms with E-state index in [1.165, 1.54) is 11.8 Å². The van der Waals surface area contributed by atoms with Gasteiger partial charge in [-0.1, -0.05) is 25.1 Å². The number of hydrogen-bond donors (Lipinski definition) is 3. The van der Waals surface area contributed by atoms with Crippen molar-refractivity contribution in [2.75, 3.05) is 17.6 Å². The third-order valence-electron chi connectivity index (χ3n) is 3.00. The van der Waals surface area contributed by atoms with Gasteiger partial charge in [-0.25, -0.2) is 0 Å². The van der Waals surface area contributed by atoms with Crippen LogP contribution in [0.3, 0.4) is 0 Å². The second-order valence-corrected chi connectivity index (χ2v) is 6.10. The van der Waals surface area contributed by atoms with Crippen LogP contribution in [0.5, 0.6) is 0 Å². The summed E-state index contributed by atoms with van der Waals surface area (Å²) >= 11 is 1.28. The van der Waals surface area contributed by atoms with Crippen LogP contribution in [-0.4, -0.2) is 40.4 Å². The van der Waals surface area contributed by atoms with Gasteiger partial charge in [-0.05, 0) is 25.0 Å². The minimum Gasteiger partial charge on any atom is -0.481 e. The molecule has 1 atom stereocenters. The Morgan fingerprint density at radius 3 is 2.52 bits per heavy atom. The van der Waals surface area contributed by atoms with Gasteiger partial charge in [0.1, 0.15) is 0 Å². The van der Waals surface area contributed by atoms with E-state index >= 15 is 0 Å². The second kappa shape index (κ2) is 10.7. The van der Waals surface area contributed by atoms with Crippen LogP contribution in [-0.2, 0) is 14.4 Å². The predicted molar refractivity (Wildman–Crippen MR) is 91.5 cm³/mol. The number of carboxylic acid groups (broad SMARTS) is 1. The molecule has 0 spiro atoms. The van der Waals surface area contributed by atoms with E-state index in [9.17, 15) is 14.4 Å². The van der Waals surface area contributed by atoms with Gasteiger partial charge in [-0.3, -0.25) is 14.4 Å². The molecule has 0 saturated heterocycles. The number of thioether (sulfide) groups is 1. The Kier molecular flexibility index (Phi) is 8.82. The minimum atomic E-state index is -0.877. The van der Waals surface area contributed by atoms with E-state index in [1.54, 1.807) is 12.1 Å². The Bertz CT molecular complexity index is 522. The maximum absolute atomic E-state index is 12.0. The zero-order valence-corrected chi connectivity index (χ0v) is 13.9. The molecule has 0 aromatic heterocycles. The van der Waals surface area contributed by atoms with Crippen molar-refractivity contribution in [3.8, 4) is 0 Å². The first-order chi connectivity index (χ1) is 11.0. The van der Waals surface area contributed by atoms with Crippen LogP contribution in [0.15, 0.2) is 30.3 Å². The fourth-order valence-electron chi connectivity index (χ4n) is 1.84. The third kappa shape index (κ3) is 8.25. The lowest BCUT2D eigenvalue weighted by atomic mass is 10.3. The van der Waals surface area contributed by atoms with Crippen LogP contribution in [0.2, 0.25) is 0 Å². The quantitative estimate of drug-likeness (QED) is 0.568. The normalized spacial score (nSPS) is 11.5. The number of amides is 2. The molecule has 2 amide bonds. The summed E-state index contributed by atoms with van der Waals surface area (Å²) in [5.74, 6) is -0.998. The van der Waals surface area contributed by atoms with Gasteiger partial charge in [0.05, 0.1) is 11.0 Å². The van der Waals surface area contributed by atoms with Crippen molar-refractivity contribution >= 4 is 35.2 Å². The highest BCUT2D eigenvalue weighted by molar-refractivity contribution is 8.01. The molecule has 6 nitrogen and oxygen atoms in total. The molecule has 0 heterocycles. The van der Waals surface area contributed by atoms with E-state index in [0.29, 0.717) is 19.4 Å². The van der Waals surface area contributed by atoms with Gasteiger partial charge in [0.2, 0.25) is 11.8 Å². The predicted octanol–water partition coefficient (Wildman–Crippen LogP) is 2.12. The molecule has 7 heteroatoms. The van der Waals surface area contributed by atoms with Crippen LogP contribution < -0.4 is 10.6 Å². The Hall–Kier alpha value is -2.02. The van der Waals surface area contributed by atoms with E-state index in [1.807, 2.05) is 25.1 Å². The number of para-hydroxylation sites is 1. The van der Waals surface area contributed by atoms with Gasteiger partial charge in [0.15, 0.2) is 0 Å². The molecule has 3 N–H and O–H groups in total. The van der Waals surface area contributed by atoms with Crippen molar-refractivity contribution in [1.82, 2.24) is 5.32 Å². The SMILES string of the molecule is CCC(SCC(=O)Nc1ccccc1)C(=O)NCCCC(=O)O. The number of carboxylic acids is 1. The summed E-state index contributed by atoms with van der Waals surface area (Å²) < 4.78 is 0. The summed E-state index contributed by atoms with van der Waals surface area (Å²) in [5.41, 5.74) is 0.726. The lowest BCUT2D eigenvalue weighted by molar-refractivity contribution is -0.137. The Balaban J connectivity index is 2.30. The maximum atomic E-state index is 12.0. The van der Waals surface area contributed by atoms with Crippen molar-refractivity contribution < 1.29 is 19.5 Å². The summed E-state index contributed by atoms with van der Waals surface area (Å²) in [7, 11) is 0. The molecule has 126 valence electrons. The number of aliphatic carboxylic acids is 1. The zero-order chi connectivity index (χ0) is 17.1. The van der Waals surface area contributed by atoms with Crippen LogP contribution in [0.1, 0.15) is 26.2 Å². The molecule has 0 aliphatic heterocycles. The Morgan fingerprint density at radius 1 is 1.22 bits per heavy atom. The first-order valence-electron chi connectivity index (χ1n) is 7.49. The first kappa shape index (κ1) is 19.0. The van der Waals surface area contributed by atoms with E-state index in [0.717, 1.165) is 5.69 Å². The van der Waals surface area contributed by atoms with Crippen LogP contribution in [0.25, 0.3) is 0 Å². The Labute approximate surface area is 140 Å². The van der Waals surface area contributed by atoms with Crippen LogP contribution in [0.4, 0.5) is 5.69 Å². The lowest BCUT2D eigenvalue weighted by Gasteiger charge is -2.14. The van der Waals surface area contributed by atoms with Crippen molar-refractivity contribution in [3.63, 3.8) is 0 Å². The lowest BCUT2D eigenvalue weighted by Crippen LogP contribution is -2.34. The van der Waals surface area contributed by atoms with E-state index in [2.05, 4.69) is 10.6 Å². The highest BCUT2D eigenvalue weighted by Crippen LogP contribution is 2.15. The molecule has 23 heavy (non-hydrogen) atoms.